The van der Waals surface area contributed by atoms with Crippen molar-refractivity contribution in [3.63, 3.8) is 0 Å². The van der Waals surface area contributed by atoms with Crippen LogP contribution in [0.3, 0.4) is 0 Å². The van der Waals surface area contributed by atoms with Crippen LogP contribution in [0.5, 0.6) is 0 Å². The van der Waals surface area contributed by atoms with Crippen LogP contribution in [-0.2, 0) is 4.74 Å². The van der Waals surface area contributed by atoms with Gasteiger partial charge in [0.05, 0.1) is 25.6 Å². The third-order valence-electron chi connectivity index (χ3n) is 5.39. The first kappa shape index (κ1) is 16.5. The van der Waals surface area contributed by atoms with Gasteiger partial charge in [0, 0.05) is 31.4 Å². The molecular formula is C18H18F2N6O. The lowest BCUT2D eigenvalue weighted by Crippen LogP contribution is -2.36. The second kappa shape index (κ2) is 6.49. The molecule has 27 heavy (non-hydrogen) atoms. The van der Waals surface area contributed by atoms with E-state index in [9.17, 15) is 8.78 Å². The summed E-state index contributed by atoms with van der Waals surface area (Å²) in [6.45, 7) is 3.62. The van der Waals surface area contributed by atoms with Gasteiger partial charge < -0.3 is 9.64 Å². The molecule has 1 unspecified atom stereocenters. The van der Waals surface area contributed by atoms with E-state index in [2.05, 4.69) is 24.8 Å². The molecule has 9 heteroatoms. The first-order valence-electron chi connectivity index (χ1n) is 8.96. The number of fused-ring (bicyclic) bond motifs is 1. The molecule has 7 nitrogen and oxygen atoms in total. The number of halogens is 2. The van der Waals surface area contributed by atoms with Crippen LogP contribution in [0.1, 0.15) is 18.5 Å². The van der Waals surface area contributed by atoms with E-state index in [1.807, 2.05) is 6.07 Å². The van der Waals surface area contributed by atoms with Crippen LogP contribution in [0, 0.1) is 11.8 Å². The molecule has 0 bridgehead atoms. The summed E-state index contributed by atoms with van der Waals surface area (Å²) in [5, 5.41) is 0. The molecule has 0 saturated carbocycles. The van der Waals surface area contributed by atoms with Gasteiger partial charge in [-0.3, -0.25) is 4.40 Å². The molecule has 5 rings (SSSR count). The maximum Gasteiger partial charge on any atom is 0.281 e. The number of nitrogens with zero attached hydrogens (tertiary/aromatic N) is 6. The van der Waals surface area contributed by atoms with Crippen LogP contribution in [0.2, 0.25) is 0 Å². The van der Waals surface area contributed by atoms with Gasteiger partial charge in [0.25, 0.3) is 6.43 Å². The van der Waals surface area contributed by atoms with Gasteiger partial charge in [0.1, 0.15) is 17.2 Å². The highest BCUT2D eigenvalue weighted by atomic mass is 19.3. The highest BCUT2D eigenvalue weighted by Gasteiger charge is 2.34. The minimum atomic E-state index is -2.64. The first-order chi connectivity index (χ1) is 13.2. The lowest BCUT2D eigenvalue weighted by molar-refractivity contribution is -0.0562. The average molecular weight is 372 g/mol. The Labute approximate surface area is 154 Å². The Morgan fingerprint density at radius 1 is 1.11 bits per heavy atom. The van der Waals surface area contributed by atoms with Crippen LogP contribution >= 0.6 is 0 Å². The van der Waals surface area contributed by atoms with Crippen molar-refractivity contribution in [3.8, 4) is 11.5 Å². The van der Waals surface area contributed by atoms with Gasteiger partial charge in [-0.15, -0.1) is 0 Å². The van der Waals surface area contributed by atoms with Gasteiger partial charge in [-0.2, -0.15) is 0 Å². The molecule has 2 saturated heterocycles. The van der Waals surface area contributed by atoms with Crippen LogP contribution in [-0.4, -0.2) is 50.6 Å². The molecule has 0 aromatic carbocycles. The van der Waals surface area contributed by atoms with E-state index in [1.165, 1.54) is 12.4 Å². The van der Waals surface area contributed by atoms with E-state index in [1.54, 1.807) is 16.8 Å². The normalized spacial score (nSPS) is 20.6. The van der Waals surface area contributed by atoms with Crippen LogP contribution in [0.4, 0.5) is 14.6 Å². The lowest BCUT2D eigenvalue weighted by atomic mass is 9.90. The molecule has 2 fully saturated rings. The van der Waals surface area contributed by atoms with Crippen LogP contribution < -0.4 is 4.90 Å². The smallest absolute Gasteiger partial charge is 0.281 e. The second-order valence-electron chi connectivity index (χ2n) is 7.02. The molecule has 3 aromatic rings. The Kier molecular flexibility index (Phi) is 3.96. The Balaban J connectivity index is 1.45. The molecule has 3 aromatic heterocycles. The number of hydrogen-bond acceptors (Lipinski definition) is 6. The summed E-state index contributed by atoms with van der Waals surface area (Å²) in [6, 6.07) is 1.89. The lowest BCUT2D eigenvalue weighted by Gasteiger charge is -2.31. The fourth-order valence-electron chi connectivity index (χ4n) is 3.74. The minimum absolute atomic E-state index is 0.303. The molecule has 2 aliphatic rings. The van der Waals surface area contributed by atoms with Gasteiger partial charge >= 0.3 is 0 Å². The second-order valence-corrected chi connectivity index (χ2v) is 7.02. The summed E-state index contributed by atoms with van der Waals surface area (Å²) < 4.78 is 32.9. The molecule has 0 aliphatic carbocycles. The highest BCUT2D eigenvalue weighted by molar-refractivity contribution is 5.58. The SMILES string of the molecule is FC(F)c1cn2c(-c3nccc(N4CCC(C5COC5)C4)n3)cnc2cn1. The summed E-state index contributed by atoms with van der Waals surface area (Å²) in [4.78, 5) is 19.2. The monoisotopic (exact) mass is 372 g/mol. The predicted octanol–water partition coefficient (Wildman–Crippen LogP) is 2.60. The maximum atomic E-state index is 13.0. The molecule has 0 spiro atoms. The zero-order chi connectivity index (χ0) is 18.4. The summed E-state index contributed by atoms with van der Waals surface area (Å²) in [6.07, 6.45) is 4.40. The number of anilines is 1. The zero-order valence-corrected chi connectivity index (χ0v) is 14.5. The third-order valence-corrected chi connectivity index (χ3v) is 5.39. The summed E-state index contributed by atoms with van der Waals surface area (Å²) >= 11 is 0. The first-order valence-corrected chi connectivity index (χ1v) is 8.96. The quantitative estimate of drug-likeness (QED) is 0.701. The Morgan fingerprint density at radius 2 is 2.00 bits per heavy atom. The standard InChI is InChI=1S/C18H18F2N6O/c19-17(20)13-8-26-14(5-23-16(26)6-22-13)18-21-3-1-15(24-18)25-4-2-11(7-25)12-9-27-10-12/h1,3,5-6,8,11-12,17H,2,4,7,9-10H2. The van der Waals surface area contributed by atoms with Gasteiger partial charge in [0.2, 0.25) is 0 Å². The van der Waals surface area contributed by atoms with Crippen molar-refractivity contribution in [2.24, 2.45) is 11.8 Å². The Morgan fingerprint density at radius 3 is 2.78 bits per heavy atom. The summed E-state index contributed by atoms with van der Waals surface area (Å²) in [7, 11) is 0. The third kappa shape index (κ3) is 2.91. The molecule has 0 radical (unpaired) electrons. The average Bonchev–Trinajstić information content (AvgIpc) is 3.27. The maximum absolute atomic E-state index is 13.0. The fourth-order valence-corrected chi connectivity index (χ4v) is 3.74. The number of alkyl halides is 2. The van der Waals surface area contributed by atoms with Gasteiger partial charge in [-0.05, 0) is 18.4 Å². The topological polar surface area (TPSA) is 68.4 Å². The van der Waals surface area contributed by atoms with E-state index in [0.29, 0.717) is 29.0 Å². The number of rotatable bonds is 4. The summed E-state index contributed by atoms with van der Waals surface area (Å²) in [5.41, 5.74) is 0.747. The minimum Gasteiger partial charge on any atom is -0.381 e. The molecular weight excluding hydrogens is 354 g/mol. The predicted molar refractivity (Wildman–Crippen MR) is 93.6 cm³/mol. The van der Waals surface area contributed by atoms with Crippen molar-refractivity contribution in [2.75, 3.05) is 31.2 Å². The van der Waals surface area contributed by atoms with Crippen molar-refractivity contribution in [2.45, 2.75) is 12.8 Å². The molecule has 0 amide bonds. The van der Waals surface area contributed by atoms with Gasteiger partial charge in [-0.1, -0.05) is 0 Å². The van der Waals surface area contributed by atoms with E-state index >= 15 is 0 Å². The zero-order valence-electron chi connectivity index (χ0n) is 14.5. The molecule has 5 heterocycles. The van der Waals surface area contributed by atoms with Gasteiger partial charge in [0.15, 0.2) is 11.5 Å². The van der Waals surface area contributed by atoms with Crippen molar-refractivity contribution in [1.82, 2.24) is 24.3 Å². The van der Waals surface area contributed by atoms with Crippen molar-refractivity contribution < 1.29 is 13.5 Å². The van der Waals surface area contributed by atoms with Crippen molar-refractivity contribution in [1.29, 1.82) is 0 Å². The van der Waals surface area contributed by atoms with E-state index in [4.69, 9.17) is 4.74 Å². The number of aromatic nitrogens is 5. The Bertz CT molecular complexity index is 973. The number of ether oxygens (including phenoxy) is 1. The fraction of sp³-hybridized carbons (Fsp3) is 0.444. The van der Waals surface area contributed by atoms with Crippen LogP contribution in [0.15, 0.2) is 30.9 Å². The largest absolute Gasteiger partial charge is 0.381 e. The molecule has 1 atom stereocenters. The van der Waals surface area contributed by atoms with E-state index in [0.717, 1.165) is 38.5 Å². The van der Waals surface area contributed by atoms with Crippen molar-refractivity contribution >= 4 is 11.5 Å². The molecule has 0 N–H and O–H groups in total. The Hall–Kier alpha value is -2.68. The molecule has 2 aliphatic heterocycles. The van der Waals surface area contributed by atoms with E-state index < -0.39 is 6.43 Å². The number of hydrogen-bond donors (Lipinski definition) is 0. The van der Waals surface area contributed by atoms with Crippen molar-refractivity contribution in [3.05, 3.63) is 36.5 Å². The summed E-state index contributed by atoms with van der Waals surface area (Å²) in [5.74, 6) is 2.59. The van der Waals surface area contributed by atoms with E-state index in [-0.39, 0.29) is 5.69 Å². The highest BCUT2D eigenvalue weighted by Crippen LogP contribution is 2.32. The van der Waals surface area contributed by atoms with Crippen LogP contribution in [0.25, 0.3) is 17.2 Å². The number of imidazole rings is 1. The van der Waals surface area contributed by atoms with Gasteiger partial charge in [-0.25, -0.2) is 28.7 Å². The molecule has 140 valence electrons.